The van der Waals surface area contributed by atoms with Crippen LogP contribution < -0.4 is 5.32 Å². The van der Waals surface area contributed by atoms with Crippen LogP contribution in [0.1, 0.15) is 37.2 Å². The molecule has 1 aliphatic heterocycles. The Bertz CT molecular complexity index is 527. The van der Waals surface area contributed by atoms with E-state index >= 15 is 0 Å². The minimum absolute atomic E-state index is 0.0500. The summed E-state index contributed by atoms with van der Waals surface area (Å²) >= 11 is 6.17. The van der Waals surface area contributed by atoms with Crippen LogP contribution in [-0.2, 0) is 4.79 Å². The van der Waals surface area contributed by atoms with Crippen LogP contribution in [-0.4, -0.2) is 5.91 Å². The molecular weight excluding hydrogens is 246 g/mol. The van der Waals surface area contributed by atoms with E-state index in [4.69, 9.17) is 11.6 Å². The molecule has 2 saturated carbocycles. The second-order valence-corrected chi connectivity index (χ2v) is 6.42. The number of benzene rings is 1. The SMILES string of the molecule is O=C1Nc2c(Cl)cccc2C1C1CC2CCC1C2. The zero-order valence-corrected chi connectivity index (χ0v) is 10.9. The number of halogens is 1. The Labute approximate surface area is 112 Å². The third-order valence-corrected chi connectivity index (χ3v) is 5.45. The van der Waals surface area contributed by atoms with Gasteiger partial charge in [-0.05, 0) is 48.6 Å². The molecule has 4 unspecified atom stereocenters. The first kappa shape index (κ1) is 10.9. The second kappa shape index (κ2) is 3.74. The Balaban J connectivity index is 1.74. The fourth-order valence-corrected chi connectivity index (χ4v) is 4.63. The van der Waals surface area contributed by atoms with Gasteiger partial charge in [0, 0.05) is 0 Å². The maximum Gasteiger partial charge on any atom is 0.232 e. The maximum absolute atomic E-state index is 12.3. The first-order valence-corrected chi connectivity index (χ1v) is 7.21. The van der Waals surface area contributed by atoms with Crippen molar-refractivity contribution in [3.8, 4) is 0 Å². The van der Waals surface area contributed by atoms with Crippen molar-refractivity contribution < 1.29 is 4.79 Å². The van der Waals surface area contributed by atoms with Crippen molar-refractivity contribution in [1.29, 1.82) is 0 Å². The first-order chi connectivity index (χ1) is 8.74. The van der Waals surface area contributed by atoms with Crippen LogP contribution in [0.25, 0.3) is 0 Å². The van der Waals surface area contributed by atoms with Gasteiger partial charge in [0.2, 0.25) is 5.91 Å². The summed E-state index contributed by atoms with van der Waals surface area (Å²) in [6, 6.07) is 5.88. The number of fused-ring (bicyclic) bond motifs is 3. The summed E-state index contributed by atoms with van der Waals surface area (Å²) in [5.41, 5.74) is 1.99. The van der Waals surface area contributed by atoms with E-state index in [0.29, 0.717) is 10.9 Å². The van der Waals surface area contributed by atoms with E-state index in [-0.39, 0.29) is 11.8 Å². The lowest BCUT2D eigenvalue weighted by Crippen LogP contribution is -2.25. The van der Waals surface area contributed by atoms with Crippen LogP contribution >= 0.6 is 11.6 Å². The highest BCUT2D eigenvalue weighted by molar-refractivity contribution is 6.34. The fraction of sp³-hybridized carbons (Fsp3) is 0.533. The Kier molecular flexibility index (Phi) is 2.25. The van der Waals surface area contributed by atoms with Crippen molar-refractivity contribution in [1.82, 2.24) is 0 Å². The highest BCUT2D eigenvalue weighted by Gasteiger charge is 2.48. The molecule has 1 N–H and O–H groups in total. The Morgan fingerprint density at radius 3 is 2.83 bits per heavy atom. The summed E-state index contributed by atoms with van der Waals surface area (Å²) in [7, 11) is 0. The number of carbonyl (C=O) groups excluding carboxylic acids is 1. The Morgan fingerprint density at radius 1 is 1.22 bits per heavy atom. The molecule has 0 spiro atoms. The number of amides is 1. The highest BCUT2D eigenvalue weighted by atomic mass is 35.5. The lowest BCUT2D eigenvalue weighted by Gasteiger charge is -2.26. The molecule has 1 aromatic carbocycles. The van der Waals surface area contributed by atoms with Gasteiger partial charge in [0.05, 0.1) is 16.6 Å². The van der Waals surface area contributed by atoms with E-state index in [9.17, 15) is 4.79 Å². The van der Waals surface area contributed by atoms with Gasteiger partial charge in [0.25, 0.3) is 0 Å². The summed E-state index contributed by atoms with van der Waals surface area (Å²) in [6.45, 7) is 0. The zero-order valence-electron chi connectivity index (χ0n) is 10.2. The predicted octanol–water partition coefficient (Wildman–Crippen LogP) is 3.81. The van der Waals surface area contributed by atoms with Gasteiger partial charge in [-0.25, -0.2) is 0 Å². The van der Waals surface area contributed by atoms with Crippen molar-refractivity contribution in [2.45, 2.75) is 31.6 Å². The zero-order chi connectivity index (χ0) is 12.3. The van der Waals surface area contributed by atoms with E-state index in [1.165, 1.54) is 25.7 Å². The molecule has 2 fully saturated rings. The first-order valence-electron chi connectivity index (χ1n) is 6.83. The van der Waals surface area contributed by atoms with Crippen molar-refractivity contribution in [3.63, 3.8) is 0 Å². The molecule has 3 aliphatic rings. The minimum Gasteiger partial charge on any atom is -0.324 e. The molecule has 0 saturated heterocycles. The lowest BCUT2D eigenvalue weighted by molar-refractivity contribution is -0.118. The van der Waals surface area contributed by atoms with E-state index in [1.807, 2.05) is 12.1 Å². The van der Waals surface area contributed by atoms with Gasteiger partial charge in [-0.1, -0.05) is 30.2 Å². The predicted molar refractivity (Wildman–Crippen MR) is 71.8 cm³/mol. The molecule has 4 rings (SSSR count). The van der Waals surface area contributed by atoms with Crippen LogP contribution in [0.5, 0.6) is 0 Å². The quantitative estimate of drug-likeness (QED) is 0.818. The average Bonchev–Trinajstić information content (AvgIpc) is 3.02. The standard InChI is InChI=1S/C15H16ClNO/c16-12-3-1-2-10-13(15(18)17-14(10)12)11-7-8-4-5-9(11)6-8/h1-3,8-9,11,13H,4-7H2,(H,17,18). The molecule has 1 aromatic rings. The number of hydrogen-bond donors (Lipinski definition) is 1. The van der Waals surface area contributed by atoms with Gasteiger partial charge in [-0.3, -0.25) is 4.79 Å². The number of hydrogen-bond acceptors (Lipinski definition) is 1. The average molecular weight is 262 g/mol. The van der Waals surface area contributed by atoms with Gasteiger partial charge < -0.3 is 5.32 Å². The van der Waals surface area contributed by atoms with Crippen LogP contribution in [0.15, 0.2) is 18.2 Å². The van der Waals surface area contributed by atoms with Crippen LogP contribution in [0.3, 0.4) is 0 Å². The largest absolute Gasteiger partial charge is 0.324 e. The van der Waals surface area contributed by atoms with Gasteiger partial charge >= 0.3 is 0 Å². The van der Waals surface area contributed by atoms with Crippen LogP contribution in [0.4, 0.5) is 5.69 Å². The molecule has 1 amide bonds. The fourth-order valence-electron chi connectivity index (χ4n) is 4.40. The summed E-state index contributed by atoms with van der Waals surface area (Å²) in [4.78, 5) is 12.3. The molecule has 18 heavy (non-hydrogen) atoms. The van der Waals surface area contributed by atoms with Crippen molar-refractivity contribution >= 4 is 23.2 Å². The van der Waals surface area contributed by atoms with Gasteiger partial charge in [-0.15, -0.1) is 0 Å². The second-order valence-electron chi connectivity index (χ2n) is 6.01. The minimum atomic E-state index is 0.0500. The van der Waals surface area contributed by atoms with E-state index in [0.717, 1.165) is 23.1 Å². The maximum atomic E-state index is 12.3. The number of carbonyl (C=O) groups is 1. The normalized spacial score (nSPS) is 36.8. The van der Waals surface area contributed by atoms with Crippen molar-refractivity contribution in [2.75, 3.05) is 5.32 Å². The smallest absolute Gasteiger partial charge is 0.232 e. The number of rotatable bonds is 1. The summed E-state index contributed by atoms with van der Waals surface area (Å²) < 4.78 is 0. The summed E-state index contributed by atoms with van der Waals surface area (Å²) in [6.07, 6.45) is 5.26. The molecule has 94 valence electrons. The summed E-state index contributed by atoms with van der Waals surface area (Å²) in [5.74, 6) is 2.39. The molecular formula is C15H16ClNO. The molecule has 0 aromatic heterocycles. The molecule has 3 heteroatoms. The molecule has 2 bridgehead atoms. The molecule has 4 atom stereocenters. The van der Waals surface area contributed by atoms with E-state index < -0.39 is 0 Å². The summed E-state index contributed by atoms with van der Waals surface area (Å²) in [5, 5.41) is 3.65. The highest BCUT2D eigenvalue weighted by Crippen LogP contribution is 2.55. The van der Waals surface area contributed by atoms with Crippen molar-refractivity contribution in [2.24, 2.45) is 17.8 Å². The molecule has 0 radical (unpaired) electrons. The third-order valence-electron chi connectivity index (χ3n) is 5.13. The monoisotopic (exact) mass is 261 g/mol. The Morgan fingerprint density at radius 2 is 2.11 bits per heavy atom. The van der Waals surface area contributed by atoms with Gasteiger partial charge in [0.1, 0.15) is 0 Å². The topological polar surface area (TPSA) is 29.1 Å². The number of para-hydroxylation sites is 1. The molecule has 1 heterocycles. The number of nitrogens with one attached hydrogen (secondary N) is 1. The van der Waals surface area contributed by atoms with Gasteiger partial charge in [0.15, 0.2) is 0 Å². The van der Waals surface area contributed by atoms with Crippen LogP contribution in [0.2, 0.25) is 5.02 Å². The lowest BCUT2D eigenvalue weighted by atomic mass is 9.77. The van der Waals surface area contributed by atoms with Crippen molar-refractivity contribution in [3.05, 3.63) is 28.8 Å². The molecule has 2 aliphatic carbocycles. The third kappa shape index (κ3) is 1.38. The molecule has 2 nitrogen and oxygen atoms in total. The van der Waals surface area contributed by atoms with E-state index in [2.05, 4.69) is 11.4 Å². The Hall–Kier alpha value is -1.02. The number of anilines is 1. The van der Waals surface area contributed by atoms with Crippen LogP contribution in [0, 0.1) is 17.8 Å². The van der Waals surface area contributed by atoms with Gasteiger partial charge in [-0.2, -0.15) is 0 Å². The van der Waals surface area contributed by atoms with E-state index in [1.54, 1.807) is 0 Å².